The minimum atomic E-state index is 0.586. The van der Waals surface area contributed by atoms with Crippen LogP contribution in [0.2, 0.25) is 0 Å². The predicted octanol–water partition coefficient (Wildman–Crippen LogP) is 11.1. The van der Waals surface area contributed by atoms with Gasteiger partial charge in [-0.2, -0.15) is 0 Å². The van der Waals surface area contributed by atoms with E-state index in [0.29, 0.717) is 17.5 Å². The topological polar surface area (TPSA) is 94.2 Å². The molecule has 6 aromatic carbocycles. The number of oxazole rings is 2. The standard InChI is InChI=1S/C42H25N5O3/c1-3-7-37-35(5-1)45-40(48-37)27-11-18-31(19-12-27)47(32-20-13-28(14-21-32)41-46-36-6-2-4-8-38(36)49-41)30-16-9-26(10-17-30)29-15-22-33-34-24-43-25-44-42(34)50-39(33)23-29/h1-25H. The van der Waals surface area contributed by atoms with Crippen LogP contribution in [0, 0.1) is 0 Å². The van der Waals surface area contributed by atoms with Gasteiger partial charge in [0.2, 0.25) is 17.5 Å². The van der Waals surface area contributed by atoms with Crippen LogP contribution in [-0.2, 0) is 0 Å². The third kappa shape index (κ3) is 4.78. The van der Waals surface area contributed by atoms with Crippen molar-refractivity contribution in [2.75, 3.05) is 4.90 Å². The molecule has 10 rings (SSSR count). The molecular formula is C42H25N5O3. The van der Waals surface area contributed by atoms with Crippen molar-refractivity contribution in [3.63, 3.8) is 0 Å². The van der Waals surface area contributed by atoms with Gasteiger partial charge in [0.25, 0.3) is 0 Å². The minimum Gasteiger partial charge on any atom is -0.438 e. The zero-order valence-corrected chi connectivity index (χ0v) is 26.4. The molecule has 0 atom stereocenters. The van der Waals surface area contributed by atoms with E-state index in [-0.39, 0.29) is 0 Å². The highest BCUT2D eigenvalue weighted by Crippen LogP contribution is 2.39. The number of nitrogens with zero attached hydrogens (tertiary/aromatic N) is 5. The summed E-state index contributed by atoms with van der Waals surface area (Å²) < 4.78 is 18.1. The first-order valence-electron chi connectivity index (χ1n) is 16.2. The monoisotopic (exact) mass is 647 g/mol. The van der Waals surface area contributed by atoms with Crippen LogP contribution in [0.3, 0.4) is 0 Å². The summed E-state index contributed by atoms with van der Waals surface area (Å²) in [6.45, 7) is 0. The van der Waals surface area contributed by atoms with Crippen molar-refractivity contribution in [2.45, 2.75) is 0 Å². The number of anilines is 3. The highest BCUT2D eigenvalue weighted by molar-refractivity contribution is 6.04. The Hall–Kier alpha value is -7.06. The van der Waals surface area contributed by atoms with Crippen molar-refractivity contribution in [1.29, 1.82) is 0 Å². The van der Waals surface area contributed by atoms with E-state index in [2.05, 4.69) is 91.6 Å². The maximum atomic E-state index is 6.05. The Balaban J connectivity index is 1.02. The molecule has 0 radical (unpaired) electrons. The van der Waals surface area contributed by atoms with E-state index in [1.54, 1.807) is 6.20 Å². The van der Waals surface area contributed by atoms with E-state index in [1.165, 1.54) is 6.33 Å². The van der Waals surface area contributed by atoms with Crippen LogP contribution >= 0.6 is 0 Å². The van der Waals surface area contributed by atoms with Crippen LogP contribution in [0.25, 0.3) is 78.3 Å². The fourth-order valence-corrected chi connectivity index (χ4v) is 6.45. The Kier molecular flexibility index (Phi) is 6.32. The maximum absolute atomic E-state index is 6.05. The molecular weight excluding hydrogens is 622 g/mol. The van der Waals surface area contributed by atoms with Crippen molar-refractivity contribution in [2.24, 2.45) is 0 Å². The summed E-state index contributed by atoms with van der Waals surface area (Å²) in [6, 6.07) is 46.9. The quantitative estimate of drug-likeness (QED) is 0.176. The summed E-state index contributed by atoms with van der Waals surface area (Å²) >= 11 is 0. The summed E-state index contributed by atoms with van der Waals surface area (Å²) in [6.07, 6.45) is 3.29. The van der Waals surface area contributed by atoms with Crippen molar-refractivity contribution in [1.82, 2.24) is 19.9 Å². The van der Waals surface area contributed by atoms with Gasteiger partial charge in [-0.05, 0) is 108 Å². The molecule has 0 bridgehead atoms. The molecule has 0 spiro atoms. The summed E-state index contributed by atoms with van der Waals surface area (Å²) in [7, 11) is 0. The van der Waals surface area contributed by atoms with Gasteiger partial charge in [0.1, 0.15) is 22.9 Å². The molecule has 0 saturated carbocycles. The molecule has 0 fully saturated rings. The van der Waals surface area contributed by atoms with Gasteiger partial charge in [-0.25, -0.2) is 19.9 Å². The summed E-state index contributed by atoms with van der Waals surface area (Å²) in [5.41, 5.74) is 11.4. The maximum Gasteiger partial charge on any atom is 0.230 e. The normalized spacial score (nSPS) is 11.6. The number of para-hydroxylation sites is 4. The fraction of sp³-hybridized carbons (Fsp3) is 0. The summed E-state index contributed by atoms with van der Waals surface area (Å²) in [5.74, 6) is 1.18. The van der Waals surface area contributed by atoms with Crippen molar-refractivity contribution in [3.8, 4) is 34.0 Å². The fourth-order valence-electron chi connectivity index (χ4n) is 6.45. The molecule has 4 heterocycles. The Morgan fingerprint density at radius 2 is 0.960 bits per heavy atom. The molecule has 4 aromatic heterocycles. The molecule has 0 unspecified atom stereocenters. The second kappa shape index (κ2) is 11.3. The van der Waals surface area contributed by atoms with Crippen LogP contribution in [0.1, 0.15) is 0 Å². The Morgan fingerprint density at radius 1 is 0.440 bits per heavy atom. The van der Waals surface area contributed by atoms with E-state index in [4.69, 9.17) is 13.3 Å². The molecule has 0 aliphatic rings. The Bertz CT molecular complexity index is 2630. The van der Waals surface area contributed by atoms with Gasteiger partial charge in [-0.15, -0.1) is 0 Å². The molecule has 236 valence electrons. The number of hydrogen-bond acceptors (Lipinski definition) is 8. The Labute approximate surface area is 284 Å². The molecule has 0 N–H and O–H groups in total. The van der Waals surface area contributed by atoms with Crippen LogP contribution in [0.4, 0.5) is 17.1 Å². The second-order valence-corrected chi connectivity index (χ2v) is 12.0. The molecule has 0 aliphatic heterocycles. The first-order chi connectivity index (χ1) is 24.7. The van der Waals surface area contributed by atoms with Crippen molar-refractivity contribution < 1.29 is 13.3 Å². The van der Waals surface area contributed by atoms with Crippen LogP contribution < -0.4 is 4.90 Å². The first kappa shape index (κ1) is 28.0. The van der Waals surface area contributed by atoms with Crippen molar-refractivity contribution >= 4 is 61.3 Å². The van der Waals surface area contributed by atoms with Gasteiger partial charge in [0.05, 0.1) is 5.39 Å². The zero-order valence-electron chi connectivity index (χ0n) is 26.4. The van der Waals surface area contributed by atoms with Crippen LogP contribution in [-0.4, -0.2) is 19.9 Å². The summed E-state index contributed by atoms with van der Waals surface area (Å²) in [5, 5.41) is 1.90. The number of hydrogen-bond donors (Lipinski definition) is 0. The van der Waals surface area contributed by atoms with E-state index < -0.39 is 0 Å². The molecule has 10 aromatic rings. The van der Waals surface area contributed by atoms with E-state index >= 15 is 0 Å². The lowest BCUT2D eigenvalue weighted by molar-refractivity contribution is 0.619. The molecule has 0 saturated heterocycles. The largest absolute Gasteiger partial charge is 0.438 e. The average molecular weight is 648 g/mol. The lowest BCUT2D eigenvalue weighted by Crippen LogP contribution is -2.09. The van der Waals surface area contributed by atoms with Gasteiger partial charge in [-0.3, -0.25) is 0 Å². The van der Waals surface area contributed by atoms with E-state index in [1.807, 2.05) is 72.8 Å². The number of furan rings is 1. The zero-order chi connectivity index (χ0) is 33.0. The molecule has 50 heavy (non-hydrogen) atoms. The number of aromatic nitrogens is 4. The highest BCUT2D eigenvalue weighted by atomic mass is 16.4. The molecule has 8 heteroatoms. The van der Waals surface area contributed by atoms with Crippen LogP contribution in [0.15, 0.2) is 165 Å². The van der Waals surface area contributed by atoms with Gasteiger partial charge in [0, 0.05) is 39.8 Å². The first-order valence-corrected chi connectivity index (χ1v) is 16.2. The van der Waals surface area contributed by atoms with Crippen molar-refractivity contribution in [3.05, 3.63) is 152 Å². The lowest BCUT2D eigenvalue weighted by Gasteiger charge is -2.26. The van der Waals surface area contributed by atoms with Gasteiger partial charge < -0.3 is 18.2 Å². The minimum absolute atomic E-state index is 0.586. The third-order valence-electron chi connectivity index (χ3n) is 8.95. The second-order valence-electron chi connectivity index (χ2n) is 12.0. The van der Waals surface area contributed by atoms with Crippen LogP contribution in [0.5, 0.6) is 0 Å². The van der Waals surface area contributed by atoms with Gasteiger partial charge >= 0.3 is 0 Å². The lowest BCUT2D eigenvalue weighted by atomic mass is 10.0. The average Bonchev–Trinajstić information content (AvgIpc) is 3.91. The number of rotatable bonds is 6. The van der Waals surface area contributed by atoms with Gasteiger partial charge in [-0.1, -0.05) is 42.5 Å². The summed E-state index contributed by atoms with van der Waals surface area (Å²) in [4.78, 5) is 20.0. The molecule has 8 nitrogen and oxygen atoms in total. The number of fused-ring (bicyclic) bond motifs is 5. The SMILES string of the molecule is c1ccc2oc(-c3ccc(N(c4ccc(-c5ccc6c(c5)oc5ncncc56)cc4)c4ccc(-c5nc6ccccc6o5)cc4)cc3)nc2c1. The smallest absolute Gasteiger partial charge is 0.230 e. The van der Waals surface area contributed by atoms with E-state index in [0.717, 1.165) is 77.9 Å². The Morgan fingerprint density at radius 3 is 1.52 bits per heavy atom. The molecule has 0 amide bonds. The van der Waals surface area contributed by atoms with Gasteiger partial charge in [0.15, 0.2) is 11.2 Å². The predicted molar refractivity (Wildman–Crippen MR) is 195 cm³/mol. The molecule has 0 aliphatic carbocycles. The van der Waals surface area contributed by atoms with E-state index in [9.17, 15) is 0 Å². The number of benzene rings is 6. The third-order valence-corrected chi connectivity index (χ3v) is 8.95. The highest BCUT2D eigenvalue weighted by Gasteiger charge is 2.17.